The molecule has 0 aliphatic rings. The molecule has 1 heteroatoms. The standard InChI is InChI=1S/C16H25N/c1-4-11-17-16(12-14(3)5-2)13-15-9-7-6-8-10-15/h6-10,16-17H,3-5,11-13H2,1-2H3. The Hall–Kier alpha value is -1.08. The largest absolute Gasteiger partial charge is 0.313 e. The lowest BCUT2D eigenvalue weighted by atomic mass is 9.98. The molecule has 0 saturated carbocycles. The van der Waals surface area contributed by atoms with E-state index >= 15 is 0 Å². The summed E-state index contributed by atoms with van der Waals surface area (Å²) in [5.74, 6) is 0. The summed E-state index contributed by atoms with van der Waals surface area (Å²) in [6.07, 6.45) is 4.45. The van der Waals surface area contributed by atoms with Crippen LogP contribution in [0.5, 0.6) is 0 Å². The SMILES string of the molecule is C=C(CC)CC(Cc1ccccc1)NCCC. The molecule has 0 aromatic heterocycles. The average molecular weight is 231 g/mol. The van der Waals surface area contributed by atoms with Gasteiger partial charge in [-0.25, -0.2) is 0 Å². The van der Waals surface area contributed by atoms with Crippen LogP contribution >= 0.6 is 0 Å². The van der Waals surface area contributed by atoms with E-state index in [4.69, 9.17) is 0 Å². The summed E-state index contributed by atoms with van der Waals surface area (Å²) in [5.41, 5.74) is 2.75. The van der Waals surface area contributed by atoms with E-state index in [-0.39, 0.29) is 0 Å². The van der Waals surface area contributed by atoms with Crippen molar-refractivity contribution in [1.29, 1.82) is 0 Å². The molecule has 1 atom stereocenters. The molecule has 0 heterocycles. The fraction of sp³-hybridized carbons (Fsp3) is 0.500. The van der Waals surface area contributed by atoms with E-state index in [0.717, 1.165) is 25.8 Å². The van der Waals surface area contributed by atoms with Crippen LogP contribution in [-0.2, 0) is 6.42 Å². The third-order valence-electron chi connectivity index (χ3n) is 3.04. The van der Waals surface area contributed by atoms with Crippen LogP contribution in [0.4, 0.5) is 0 Å². The molecule has 0 bridgehead atoms. The Morgan fingerprint density at radius 3 is 2.53 bits per heavy atom. The van der Waals surface area contributed by atoms with Crippen LogP contribution in [0.25, 0.3) is 0 Å². The summed E-state index contributed by atoms with van der Waals surface area (Å²) in [6, 6.07) is 11.2. The molecule has 0 radical (unpaired) electrons. The molecule has 0 aliphatic carbocycles. The van der Waals surface area contributed by atoms with Crippen molar-refractivity contribution in [3.8, 4) is 0 Å². The molecule has 0 aliphatic heterocycles. The number of hydrogen-bond donors (Lipinski definition) is 1. The maximum Gasteiger partial charge on any atom is 0.0144 e. The van der Waals surface area contributed by atoms with Crippen LogP contribution in [0.15, 0.2) is 42.5 Å². The predicted octanol–water partition coefficient (Wildman–Crippen LogP) is 3.95. The van der Waals surface area contributed by atoms with Gasteiger partial charge in [0.2, 0.25) is 0 Å². The fourth-order valence-corrected chi connectivity index (χ4v) is 1.96. The fourth-order valence-electron chi connectivity index (χ4n) is 1.96. The average Bonchev–Trinajstić information content (AvgIpc) is 2.37. The third kappa shape index (κ3) is 5.69. The Kier molecular flexibility index (Phi) is 6.64. The van der Waals surface area contributed by atoms with Crippen LogP contribution in [0, 0.1) is 0 Å². The monoisotopic (exact) mass is 231 g/mol. The van der Waals surface area contributed by atoms with Crippen molar-refractivity contribution >= 4 is 0 Å². The minimum Gasteiger partial charge on any atom is -0.313 e. The number of benzene rings is 1. The molecule has 0 saturated heterocycles. The summed E-state index contributed by atoms with van der Waals surface area (Å²) in [4.78, 5) is 0. The van der Waals surface area contributed by atoms with E-state index < -0.39 is 0 Å². The first-order chi connectivity index (χ1) is 8.26. The number of rotatable bonds is 8. The maximum absolute atomic E-state index is 4.12. The molecule has 0 amide bonds. The molecule has 1 aromatic carbocycles. The van der Waals surface area contributed by atoms with Crippen LogP contribution in [0.2, 0.25) is 0 Å². The first-order valence-corrected chi connectivity index (χ1v) is 6.70. The van der Waals surface area contributed by atoms with Gasteiger partial charge in [-0.05, 0) is 37.8 Å². The van der Waals surface area contributed by atoms with E-state index in [0.29, 0.717) is 6.04 Å². The minimum atomic E-state index is 0.532. The molecule has 1 aromatic rings. The highest BCUT2D eigenvalue weighted by Gasteiger charge is 2.09. The van der Waals surface area contributed by atoms with E-state index in [1.807, 2.05) is 0 Å². The molecular formula is C16H25N. The lowest BCUT2D eigenvalue weighted by Crippen LogP contribution is -2.32. The van der Waals surface area contributed by atoms with Crippen molar-refractivity contribution < 1.29 is 0 Å². The highest BCUT2D eigenvalue weighted by molar-refractivity contribution is 5.16. The highest BCUT2D eigenvalue weighted by atomic mass is 14.9. The summed E-state index contributed by atoms with van der Waals surface area (Å²) >= 11 is 0. The summed E-state index contributed by atoms with van der Waals surface area (Å²) in [6.45, 7) is 9.61. The van der Waals surface area contributed by atoms with Gasteiger partial charge in [0.25, 0.3) is 0 Å². The topological polar surface area (TPSA) is 12.0 Å². The Labute approximate surface area is 106 Å². The molecule has 1 rings (SSSR count). The Balaban J connectivity index is 2.53. The summed E-state index contributed by atoms with van der Waals surface area (Å²) < 4.78 is 0. The van der Waals surface area contributed by atoms with Gasteiger partial charge in [0, 0.05) is 6.04 Å². The second kappa shape index (κ2) is 8.08. The van der Waals surface area contributed by atoms with Crippen molar-refractivity contribution in [3.05, 3.63) is 48.0 Å². The smallest absolute Gasteiger partial charge is 0.0144 e. The van der Waals surface area contributed by atoms with E-state index in [9.17, 15) is 0 Å². The van der Waals surface area contributed by atoms with Crippen LogP contribution < -0.4 is 5.32 Å². The molecule has 94 valence electrons. The van der Waals surface area contributed by atoms with Gasteiger partial charge in [0.1, 0.15) is 0 Å². The molecule has 1 nitrogen and oxygen atoms in total. The second-order valence-electron chi connectivity index (χ2n) is 4.65. The van der Waals surface area contributed by atoms with Crippen molar-refractivity contribution in [1.82, 2.24) is 5.32 Å². The predicted molar refractivity (Wildman–Crippen MR) is 76.3 cm³/mol. The zero-order valence-electron chi connectivity index (χ0n) is 11.2. The van der Waals surface area contributed by atoms with Gasteiger partial charge in [-0.1, -0.05) is 56.3 Å². The normalized spacial score (nSPS) is 12.4. The molecule has 1 N–H and O–H groups in total. The van der Waals surface area contributed by atoms with Gasteiger partial charge < -0.3 is 5.32 Å². The Bertz CT molecular complexity index is 316. The zero-order valence-corrected chi connectivity index (χ0v) is 11.2. The van der Waals surface area contributed by atoms with E-state index in [1.165, 1.54) is 17.6 Å². The lowest BCUT2D eigenvalue weighted by Gasteiger charge is -2.19. The van der Waals surface area contributed by atoms with Gasteiger partial charge in [-0.15, -0.1) is 0 Å². The van der Waals surface area contributed by atoms with Crippen molar-refractivity contribution in [2.24, 2.45) is 0 Å². The summed E-state index contributed by atoms with van der Waals surface area (Å²) in [5, 5.41) is 3.62. The number of hydrogen-bond acceptors (Lipinski definition) is 1. The second-order valence-corrected chi connectivity index (χ2v) is 4.65. The Morgan fingerprint density at radius 2 is 1.94 bits per heavy atom. The van der Waals surface area contributed by atoms with Crippen LogP contribution in [0.1, 0.15) is 38.7 Å². The highest BCUT2D eigenvalue weighted by Crippen LogP contribution is 2.12. The molecular weight excluding hydrogens is 206 g/mol. The lowest BCUT2D eigenvalue weighted by molar-refractivity contribution is 0.500. The molecule has 17 heavy (non-hydrogen) atoms. The number of nitrogens with one attached hydrogen (secondary N) is 1. The molecule has 0 fully saturated rings. The molecule has 1 unspecified atom stereocenters. The summed E-state index contributed by atoms with van der Waals surface area (Å²) in [7, 11) is 0. The van der Waals surface area contributed by atoms with E-state index in [1.54, 1.807) is 0 Å². The third-order valence-corrected chi connectivity index (χ3v) is 3.04. The maximum atomic E-state index is 4.12. The first-order valence-electron chi connectivity index (χ1n) is 6.70. The first kappa shape index (κ1) is 14.0. The van der Waals surface area contributed by atoms with Crippen LogP contribution in [-0.4, -0.2) is 12.6 Å². The zero-order chi connectivity index (χ0) is 12.5. The van der Waals surface area contributed by atoms with Crippen molar-refractivity contribution in [3.63, 3.8) is 0 Å². The quantitative estimate of drug-likeness (QED) is 0.668. The van der Waals surface area contributed by atoms with Gasteiger partial charge in [0.15, 0.2) is 0 Å². The molecule has 0 spiro atoms. The minimum absolute atomic E-state index is 0.532. The van der Waals surface area contributed by atoms with Gasteiger partial charge >= 0.3 is 0 Å². The Morgan fingerprint density at radius 1 is 1.24 bits per heavy atom. The van der Waals surface area contributed by atoms with E-state index in [2.05, 4.69) is 56.1 Å². The van der Waals surface area contributed by atoms with Gasteiger partial charge in [-0.2, -0.15) is 0 Å². The van der Waals surface area contributed by atoms with Crippen molar-refractivity contribution in [2.45, 2.75) is 45.6 Å². The van der Waals surface area contributed by atoms with Crippen molar-refractivity contribution in [2.75, 3.05) is 6.54 Å². The van der Waals surface area contributed by atoms with Gasteiger partial charge in [0.05, 0.1) is 0 Å². The van der Waals surface area contributed by atoms with Gasteiger partial charge in [-0.3, -0.25) is 0 Å². The van der Waals surface area contributed by atoms with Crippen LogP contribution in [0.3, 0.4) is 0 Å².